The molecule has 0 aliphatic carbocycles. The Morgan fingerprint density at radius 2 is 2.17 bits per heavy atom. The van der Waals surface area contributed by atoms with Crippen LogP contribution in [0, 0.1) is 6.92 Å². The van der Waals surface area contributed by atoms with Crippen LogP contribution in [0.3, 0.4) is 0 Å². The minimum absolute atomic E-state index is 0.583. The van der Waals surface area contributed by atoms with E-state index in [2.05, 4.69) is 15.0 Å². The Morgan fingerprint density at radius 1 is 1.28 bits per heavy atom. The number of furan rings is 1. The summed E-state index contributed by atoms with van der Waals surface area (Å²) in [6, 6.07) is 5.63. The van der Waals surface area contributed by atoms with Crippen LogP contribution in [0.25, 0.3) is 22.7 Å². The lowest BCUT2D eigenvalue weighted by atomic mass is 10.3. The van der Waals surface area contributed by atoms with Crippen molar-refractivity contribution in [3.63, 3.8) is 0 Å². The van der Waals surface area contributed by atoms with E-state index in [1.54, 1.807) is 6.26 Å². The Balaban J connectivity index is 2.08. The first-order valence-corrected chi connectivity index (χ1v) is 5.82. The standard InChI is InChI=1S/C13H13N3O2/c1-3-17-10-5-4-9-12(15-10)16-13(14-9)11-8(2)6-7-18-11/h4-7H,3H2,1-2H3,(H,14,15,16). The topological polar surface area (TPSA) is 63.9 Å². The van der Waals surface area contributed by atoms with Crippen molar-refractivity contribution in [1.29, 1.82) is 0 Å². The zero-order valence-corrected chi connectivity index (χ0v) is 10.2. The highest BCUT2D eigenvalue weighted by Crippen LogP contribution is 2.24. The largest absolute Gasteiger partial charge is 0.478 e. The molecule has 3 rings (SSSR count). The molecule has 3 heterocycles. The van der Waals surface area contributed by atoms with Crippen molar-refractivity contribution in [2.45, 2.75) is 13.8 Å². The average Bonchev–Trinajstić information content (AvgIpc) is 2.94. The number of pyridine rings is 1. The summed E-state index contributed by atoms with van der Waals surface area (Å²) in [6.07, 6.45) is 1.65. The van der Waals surface area contributed by atoms with Gasteiger partial charge >= 0.3 is 0 Å². The lowest BCUT2D eigenvalue weighted by molar-refractivity contribution is 0.328. The molecule has 0 spiro atoms. The van der Waals surface area contributed by atoms with E-state index in [1.807, 2.05) is 32.0 Å². The molecule has 5 nitrogen and oxygen atoms in total. The summed E-state index contributed by atoms with van der Waals surface area (Å²) in [6.45, 7) is 4.49. The molecule has 0 fully saturated rings. The Bertz CT molecular complexity index is 684. The number of hydrogen-bond acceptors (Lipinski definition) is 4. The highest BCUT2D eigenvalue weighted by molar-refractivity contribution is 5.75. The third kappa shape index (κ3) is 1.73. The summed E-state index contributed by atoms with van der Waals surface area (Å²) in [7, 11) is 0. The third-order valence-electron chi connectivity index (χ3n) is 2.69. The number of rotatable bonds is 3. The van der Waals surface area contributed by atoms with Crippen molar-refractivity contribution in [3.05, 3.63) is 30.0 Å². The number of nitrogens with zero attached hydrogens (tertiary/aromatic N) is 2. The van der Waals surface area contributed by atoms with E-state index in [0.717, 1.165) is 16.8 Å². The van der Waals surface area contributed by atoms with Gasteiger partial charge in [-0.05, 0) is 31.5 Å². The van der Waals surface area contributed by atoms with Crippen molar-refractivity contribution in [2.75, 3.05) is 6.61 Å². The summed E-state index contributed by atoms with van der Waals surface area (Å²) < 4.78 is 10.8. The molecule has 0 unspecified atom stereocenters. The van der Waals surface area contributed by atoms with Gasteiger partial charge in [0.25, 0.3) is 0 Å². The van der Waals surface area contributed by atoms with Gasteiger partial charge in [0.1, 0.15) is 0 Å². The van der Waals surface area contributed by atoms with Gasteiger partial charge in [-0.1, -0.05) is 0 Å². The van der Waals surface area contributed by atoms with E-state index in [-0.39, 0.29) is 0 Å². The highest BCUT2D eigenvalue weighted by Gasteiger charge is 2.12. The van der Waals surface area contributed by atoms with Gasteiger partial charge in [0.05, 0.1) is 18.4 Å². The number of H-pyrrole nitrogens is 1. The normalized spacial score (nSPS) is 11.0. The Hall–Kier alpha value is -2.30. The van der Waals surface area contributed by atoms with E-state index in [0.29, 0.717) is 24.0 Å². The number of hydrogen-bond donors (Lipinski definition) is 1. The lowest BCUT2D eigenvalue weighted by Gasteiger charge is -1.99. The van der Waals surface area contributed by atoms with Gasteiger partial charge in [-0.15, -0.1) is 0 Å². The van der Waals surface area contributed by atoms with Gasteiger partial charge in [0.15, 0.2) is 17.2 Å². The fourth-order valence-electron chi connectivity index (χ4n) is 1.83. The van der Waals surface area contributed by atoms with Gasteiger partial charge in [-0.2, -0.15) is 4.98 Å². The van der Waals surface area contributed by atoms with Crippen LogP contribution in [-0.2, 0) is 0 Å². The summed E-state index contributed by atoms with van der Waals surface area (Å²) in [4.78, 5) is 11.9. The molecular formula is C13H13N3O2. The predicted molar refractivity (Wildman–Crippen MR) is 67.5 cm³/mol. The molecule has 1 N–H and O–H groups in total. The SMILES string of the molecule is CCOc1ccc2[nH]c(-c3occc3C)nc2n1. The fourth-order valence-corrected chi connectivity index (χ4v) is 1.83. The molecule has 18 heavy (non-hydrogen) atoms. The molecule has 0 aliphatic rings. The lowest BCUT2D eigenvalue weighted by Crippen LogP contribution is -1.93. The maximum atomic E-state index is 5.40. The van der Waals surface area contributed by atoms with Crippen molar-refractivity contribution in [2.24, 2.45) is 0 Å². The van der Waals surface area contributed by atoms with Crippen molar-refractivity contribution in [1.82, 2.24) is 15.0 Å². The van der Waals surface area contributed by atoms with Crippen LogP contribution >= 0.6 is 0 Å². The van der Waals surface area contributed by atoms with Crippen LogP contribution < -0.4 is 4.74 Å². The van der Waals surface area contributed by atoms with E-state index in [4.69, 9.17) is 9.15 Å². The number of nitrogens with one attached hydrogen (secondary N) is 1. The zero-order valence-electron chi connectivity index (χ0n) is 10.2. The van der Waals surface area contributed by atoms with Crippen molar-refractivity contribution < 1.29 is 9.15 Å². The fraction of sp³-hybridized carbons (Fsp3) is 0.231. The molecule has 0 radical (unpaired) electrons. The zero-order chi connectivity index (χ0) is 12.5. The molecule has 3 aromatic heterocycles. The maximum absolute atomic E-state index is 5.40. The van der Waals surface area contributed by atoms with Crippen LogP contribution in [-0.4, -0.2) is 21.6 Å². The summed E-state index contributed by atoms with van der Waals surface area (Å²) in [5.74, 6) is 2.01. The van der Waals surface area contributed by atoms with Crippen LogP contribution in [0.4, 0.5) is 0 Å². The second-order valence-corrected chi connectivity index (χ2v) is 3.97. The van der Waals surface area contributed by atoms with Gasteiger partial charge in [-0.25, -0.2) is 4.98 Å². The Labute approximate surface area is 104 Å². The van der Waals surface area contributed by atoms with E-state index < -0.39 is 0 Å². The van der Waals surface area contributed by atoms with Gasteiger partial charge < -0.3 is 14.1 Å². The summed E-state index contributed by atoms with van der Waals surface area (Å²) in [5, 5.41) is 0. The first-order valence-electron chi connectivity index (χ1n) is 5.82. The van der Waals surface area contributed by atoms with E-state index in [9.17, 15) is 0 Å². The third-order valence-corrected chi connectivity index (χ3v) is 2.69. The predicted octanol–water partition coefficient (Wildman–Crippen LogP) is 2.93. The molecule has 0 saturated carbocycles. The first kappa shape index (κ1) is 10.8. The van der Waals surface area contributed by atoms with Crippen LogP contribution in [0.2, 0.25) is 0 Å². The van der Waals surface area contributed by atoms with Crippen LogP contribution in [0.5, 0.6) is 5.88 Å². The van der Waals surface area contributed by atoms with Gasteiger partial charge in [0, 0.05) is 6.07 Å². The monoisotopic (exact) mass is 243 g/mol. The Morgan fingerprint density at radius 3 is 2.89 bits per heavy atom. The number of aromatic nitrogens is 3. The second kappa shape index (κ2) is 4.18. The average molecular weight is 243 g/mol. The smallest absolute Gasteiger partial charge is 0.215 e. The number of aromatic amines is 1. The molecule has 92 valence electrons. The van der Waals surface area contributed by atoms with Gasteiger partial charge in [-0.3, -0.25) is 0 Å². The summed E-state index contributed by atoms with van der Waals surface area (Å²) in [5.41, 5.74) is 2.54. The van der Waals surface area contributed by atoms with Crippen molar-refractivity contribution >= 4 is 11.2 Å². The molecule has 3 aromatic rings. The molecule has 0 bridgehead atoms. The first-order chi connectivity index (χ1) is 8.78. The molecule has 0 aliphatic heterocycles. The number of aryl methyl sites for hydroxylation is 1. The number of ether oxygens (including phenoxy) is 1. The quantitative estimate of drug-likeness (QED) is 0.768. The molecule has 0 atom stereocenters. The second-order valence-electron chi connectivity index (χ2n) is 3.97. The highest BCUT2D eigenvalue weighted by atomic mass is 16.5. The van der Waals surface area contributed by atoms with Gasteiger partial charge in [0.2, 0.25) is 5.88 Å². The van der Waals surface area contributed by atoms with Crippen LogP contribution in [0.15, 0.2) is 28.9 Å². The minimum Gasteiger partial charge on any atom is -0.478 e. The molecular weight excluding hydrogens is 230 g/mol. The van der Waals surface area contributed by atoms with E-state index in [1.165, 1.54) is 0 Å². The number of imidazole rings is 1. The Kier molecular flexibility index (Phi) is 2.51. The number of fused-ring (bicyclic) bond motifs is 1. The maximum Gasteiger partial charge on any atom is 0.215 e. The van der Waals surface area contributed by atoms with Crippen LogP contribution in [0.1, 0.15) is 12.5 Å². The molecule has 0 aromatic carbocycles. The molecule has 5 heteroatoms. The molecule has 0 saturated heterocycles. The minimum atomic E-state index is 0.583. The molecule has 0 amide bonds. The summed E-state index contributed by atoms with van der Waals surface area (Å²) >= 11 is 0. The van der Waals surface area contributed by atoms with E-state index >= 15 is 0 Å². The van der Waals surface area contributed by atoms with Crippen molar-refractivity contribution in [3.8, 4) is 17.5 Å².